The molecule has 1 heterocycles. The van der Waals surface area contributed by atoms with E-state index in [4.69, 9.17) is 0 Å². The van der Waals surface area contributed by atoms with Crippen molar-refractivity contribution in [2.45, 2.75) is 19.9 Å². The highest BCUT2D eigenvalue weighted by atomic mass is 19.1. The van der Waals surface area contributed by atoms with Crippen LogP contribution < -0.4 is 10.6 Å². The van der Waals surface area contributed by atoms with E-state index in [1.165, 1.54) is 12.1 Å². The fourth-order valence-corrected chi connectivity index (χ4v) is 1.84. The summed E-state index contributed by atoms with van der Waals surface area (Å²) in [6.07, 6.45) is 0. The van der Waals surface area contributed by atoms with Gasteiger partial charge in [-0.1, -0.05) is 12.1 Å². The molecule has 1 aromatic carbocycles. The molecule has 1 aliphatic rings. The number of amides is 1. The van der Waals surface area contributed by atoms with Crippen LogP contribution in [-0.2, 0) is 4.79 Å². The van der Waals surface area contributed by atoms with Gasteiger partial charge in [-0.25, -0.2) is 4.39 Å². The second-order valence-electron chi connectivity index (χ2n) is 4.58. The summed E-state index contributed by atoms with van der Waals surface area (Å²) in [5, 5.41) is 5.98. The van der Waals surface area contributed by atoms with Crippen LogP contribution in [0.15, 0.2) is 35.4 Å². The van der Waals surface area contributed by atoms with E-state index in [1.54, 1.807) is 12.1 Å². The summed E-state index contributed by atoms with van der Waals surface area (Å²) in [5.74, 6) is -0.366. The van der Waals surface area contributed by atoms with Crippen molar-refractivity contribution in [3.63, 3.8) is 0 Å². The normalized spacial score (nSPS) is 15.8. The predicted molar refractivity (Wildman–Crippen MR) is 68.5 cm³/mol. The molecule has 2 rings (SSSR count). The highest BCUT2D eigenvalue weighted by Gasteiger charge is 2.17. The lowest BCUT2D eigenvalue weighted by Gasteiger charge is -2.22. The maximum absolute atomic E-state index is 13.1. The second kappa shape index (κ2) is 5.31. The van der Waals surface area contributed by atoms with E-state index in [0.717, 1.165) is 29.8 Å². The molecule has 1 atom stereocenters. The van der Waals surface area contributed by atoms with Crippen molar-refractivity contribution in [3.8, 4) is 0 Å². The number of hydrogen-bond donors (Lipinski definition) is 2. The smallest absolute Gasteiger partial charge is 0.247 e. The Bertz CT molecular complexity index is 490. The van der Waals surface area contributed by atoms with E-state index in [2.05, 4.69) is 10.6 Å². The fraction of sp³-hybridized carbons (Fsp3) is 0.357. The number of rotatable bonds is 3. The molecule has 3 nitrogen and oxygen atoms in total. The van der Waals surface area contributed by atoms with E-state index in [-0.39, 0.29) is 17.8 Å². The molecule has 0 unspecified atom stereocenters. The SMILES string of the molecule is CC(C(=O)N[C@@H](C)c1cccc(F)c1)=C1CNC1. The number of carbonyl (C=O) groups excluding carboxylic acids is 1. The minimum absolute atomic E-state index is 0.0803. The lowest BCUT2D eigenvalue weighted by atomic mass is 10.0. The molecule has 2 N–H and O–H groups in total. The van der Waals surface area contributed by atoms with Crippen LogP contribution in [0.4, 0.5) is 4.39 Å². The van der Waals surface area contributed by atoms with Gasteiger partial charge >= 0.3 is 0 Å². The number of carbonyl (C=O) groups is 1. The predicted octanol–water partition coefficient (Wildman–Crippen LogP) is 1.92. The van der Waals surface area contributed by atoms with Gasteiger partial charge in [-0.05, 0) is 37.1 Å². The molecule has 4 heteroatoms. The zero-order valence-corrected chi connectivity index (χ0v) is 10.6. The van der Waals surface area contributed by atoms with Gasteiger partial charge in [0, 0.05) is 18.7 Å². The summed E-state index contributed by atoms with van der Waals surface area (Å²) in [6.45, 7) is 5.24. The lowest BCUT2D eigenvalue weighted by molar-refractivity contribution is -0.118. The van der Waals surface area contributed by atoms with E-state index < -0.39 is 0 Å². The first-order chi connectivity index (χ1) is 8.58. The van der Waals surface area contributed by atoms with Crippen molar-refractivity contribution < 1.29 is 9.18 Å². The summed E-state index contributed by atoms with van der Waals surface area (Å²) in [7, 11) is 0. The molecule has 1 fully saturated rings. The number of halogens is 1. The molecule has 0 radical (unpaired) electrons. The van der Waals surface area contributed by atoms with Gasteiger partial charge in [-0.15, -0.1) is 0 Å². The van der Waals surface area contributed by atoms with Crippen molar-refractivity contribution in [2.24, 2.45) is 0 Å². The monoisotopic (exact) mass is 248 g/mol. The molecule has 0 saturated carbocycles. The van der Waals surface area contributed by atoms with E-state index in [0.29, 0.717) is 0 Å². The zero-order chi connectivity index (χ0) is 13.1. The minimum Gasteiger partial charge on any atom is -0.346 e. The van der Waals surface area contributed by atoms with Crippen LogP contribution in [0.1, 0.15) is 25.5 Å². The highest BCUT2D eigenvalue weighted by molar-refractivity contribution is 5.94. The fourth-order valence-electron chi connectivity index (χ4n) is 1.84. The third kappa shape index (κ3) is 2.76. The number of nitrogens with one attached hydrogen (secondary N) is 2. The zero-order valence-electron chi connectivity index (χ0n) is 10.6. The molecule has 18 heavy (non-hydrogen) atoms. The summed E-state index contributed by atoms with van der Waals surface area (Å²) in [5.41, 5.74) is 2.67. The summed E-state index contributed by atoms with van der Waals surface area (Å²) in [4.78, 5) is 12.0. The Morgan fingerprint density at radius 2 is 2.17 bits per heavy atom. The van der Waals surface area contributed by atoms with Crippen LogP contribution in [0.25, 0.3) is 0 Å². The van der Waals surface area contributed by atoms with Gasteiger partial charge in [0.2, 0.25) is 5.91 Å². The highest BCUT2D eigenvalue weighted by Crippen LogP contribution is 2.15. The first-order valence-electron chi connectivity index (χ1n) is 6.03. The Hall–Kier alpha value is -1.68. The summed E-state index contributed by atoms with van der Waals surface area (Å²) >= 11 is 0. The Morgan fingerprint density at radius 3 is 2.72 bits per heavy atom. The van der Waals surface area contributed by atoms with Crippen molar-refractivity contribution >= 4 is 5.91 Å². The van der Waals surface area contributed by atoms with Crippen molar-refractivity contribution in [3.05, 3.63) is 46.8 Å². The van der Waals surface area contributed by atoms with Gasteiger partial charge < -0.3 is 10.6 Å². The molecular weight excluding hydrogens is 231 g/mol. The molecule has 0 bridgehead atoms. The Balaban J connectivity index is 2.03. The molecular formula is C14H17FN2O. The number of benzene rings is 1. The molecule has 0 aliphatic carbocycles. The first kappa shape index (κ1) is 12.8. The van der Waals surface area contributed by atoms with E-state index in [9.17, 15) is 9.18 Å². The topological polar surface area (TPSA) is 41.1 Å². The van der Waals surface area contributed by atoms with E-state index in [1.807, 2.05) is 13.8 Å². The standard InChI is InChI=1S/C14H17FN2O/c1-9(12-7-16-8-12)14(18)17-10(2)11-4-3-5-13(15)6-11/h3-6,10,16H,7-8H2,1-2H3,(H,17,18)/t10-/m0/s1. The summed E-state index contributed by atoms with van der Waals surface area (Å²) < 4.78 is 13.1. The maximum Gasteiger partial charge on any atom is 0.247 e. The van der Waals surface area contributed by atoms with Gasteiger partial charge in [-0.2, -0.15) is 0 Å². The van der Waals surface area contributed by atoms with Crippen molar-refractivity contribution in [1.29, 1.82) is 0 Å². The molecule has 0 spiro atoms. The Kier molecular flexibility index (Phi) is 3.77. The van der Waals surface area contributed by atoms with Gasteiger partial charge in [0.15, 0.2) is 0 Å². The van der Waals surface area contributed by atoms with Crippen LogP contribution in [0.2, 0.25) is 0 Å². The van der Waals surface area contributed by atoms with Crippen LogP contribution >= 0.6 is 0 Å². The van der Waals surface area contributed by atoms with Crippen LogP contribution in [0.3, 0.4) is 0 Å². The maximum atomic E-state index is 13.1. The first-order valence-corrected chi connectivity index (χ1v) is 6.03. The molecule has 1 aliphatic heterocycles. The molecule has 1 saturated heterocycles. The van der Waals surface area contributed by atoms with Crippen molar-refractivity contribution in [2.75, 3.05) is 13.1 Å². The average Bonchev–Trinajstić information content (AvgIpc) is 2.26. The van der Waals surface area contributed by atoms with Gasteiger partial charge in [0.25, 0.3) is 0 Å². The van der Waals surface area contributed by atoms with Crippen molar-refractivity contribution in [1.82, 2.24) is 10.6 Å². The largest absolute Gasteiger partial charge is 0.346 e. The van der Waals surface area contributed by atoms with E-state index >= 15 is 0 Å². The Morgan fingerprint density at radius 1 is 1.44 bits per heavy atom. The minimum atomic E-state index is -0.285. The quantitative estimate of drug-likeness (QED) is 0.802. The molecule has 96 valence electrons. The van der Waals surface area contributed by atoms with Crippen LogP contribution in [-0.4, -0.2) is 19.0 Å². The Labute approximate surface area is 106 Å². The number of hydrogen-bond acceptors (Lipinski definition) is 2. The second-order valence-corrected chi connectivity index (χ2v) is 4.58. The molecule has 0 aromatic heterocycles. The third-order valence-corrected chi connectivity index (χ3v) is 3.24. The lowest BCUT2D eigenvalue weighted by Crippen LogP contribution is -2.38. The molecule has 1 aromatic rings. The average molecular weight is 248 g/mol. The third-order valence-electron chi connectivity index (χ3n) is 3.24. The van der Waals surface area contributed by atoms with Gasteiger partial charge in [0.05, 0.1) is 6.04 Å². The molecule has 1 amide bonds. The van der Waals surface area contributed by atoms with Gasteiger partial charge in [0.1, 0.15) is 5.82 Å². The summed E-state index contributed by atoms with van der Waals surface area (Å²) in [6, 6.07) is 6.09. The van der Waals surface area contributed by atoms with Gasteiger partial charge in [-0.3, -0.25) is 4.79 Å². The van der Waals surface area contributed by atoms with Crippen LogP contribution in [0.5, 0.6) is 0 Å². The van der Waals surface area contributed by atoms with Crippen LogP contribution in [0, 0.1) is 5.82 Å².